The Morgan fingerprint density at radius 3 is 2.69 bits per heavy atom. The van der Waals surface area contributed by atoms with Gasteiger partial charge in [0, 0.05) is 30.3 Å². The number of carbonyl (C=O) groups excluding carboxylic acids is 1. The molecule has 7 heteroatoms. The van der Waals surface area contributed by atoms with Crippen LogP contribution in [-0.2, 0) is 16.6 Å². The number of sulfonamides is 1. The second kappa shape index (κ2) is 8.97. The summed E-state index contributed by atoms with van der Waals surface area (Å²) < 4.78 is 33.1. The molecule has 29 heavy (non-hydrogen) atoms. The van der Waals surface area contributed by atoms with Crippen LogP contribution < -0.4 is 10.1 Å². The van der Waals surface area contributed by atoms with Crippen molar-refractivity contribution in [2.45, 2.75) is 50.6 Å². The molecule has 1 amide bonds. The molecule has 1 saturated heterocycles. The summed E-state index contributed by atoms with van der Waals surface area (Å²) in [5.74, 6) is 0.386. The smallest absolute Gasteiger partial charge is 0.251 e. The average Bonchev–Trinajstić information content (AvgIpc) is 2.72. The van der Waals surface area contributed by atoms with E-state index in [1.165, 1.54) is 6.07 Å². The monoisotopic (exact) mass is 416 g/mol. The zero-order valence-corrected chi connectivity index (χ0v) is 18.0. The minimum Gasteiger partial charge on any atom is -0.496 e. The van der Waals surface area contributed by atoms with E-state index in [4.69, 9.17) is 4.74 Å². The molecule has 1 atom stereocenters. The predicted molar refractivity (Wildman–Crippen MR) is 113 cm³/mol. The number of amides is 1. The minimum absolute atomic E-state index is 0.0297. The molecule has 1 N–H and O–H groups in total. The summed E-state index contributed by atoms with van der Waals surface area (Å²) in [6.07, 6.45) is 2.76. The Morgan fingerprint density at radius 1 is 1.21 bits per heavy atom. The van der Waals surface area contributed by atoms with Crippen molar-refractivity contribution in [3.05, 3.63) is 59.2 Å². The fourth-order valence-electron chi connectivity index (χ4n) is 3.69. The molecule has 156 valence electrons. The summed E-state index contributed by atoms with van der Waals surface area (Å²) in [6, 6.07) is 12.2. The van der Waals surface area contributed by atoms with E-state index in [2.05, 4.69) is 5.32 Å². The van der Waals surface area contributed by atoms with E-state index in [-0.39, 0.29) is 16.8 Å². The highest BCUT2D eigenvalue weighted by atomic mass is 32.2. The van der Waals surface area contributed by atoms with Crippen molar-refractivity contribution in [2.24, 2.45) is 0 Å². The maximum Gasteiger partial charge on any atom is 0.251 e. The van der Waals surface area contributed by atoms with E-state index < -0.39 is 10.0 Å². The molecule has 2 aromatic carbocycles. The van der Waals surface area contributed by atoms with E-state index in [9.17, 15) is 13.2 Å². The lowest BCUT2D eigenvalue weighted by molar-refractivity contribution is 0.0950. The van der Waals surface area contributed by atoms with Crippen LogP contribution in [0.2, 0.25) is 0 Å². The topological polar surface area (TPSA) is 75.7 Å². The third-order valence-corrected chi connectivity index (χ3v) is 7.44. The van der Waals surface area contributed by atoms with Gasteiger partial charge in [0.15, 0.2) is 0 Å². The lowest BCUT2D eigenvalue weighted by Crippen LogP contribution is -2.42. The van der Waals surface area contributed by atoms with Gasteiger partial charge in [-0.15, -0.1) is 0 Å². The normalized spacial score (nSPS) is 17.7. The van der Waals surface area contributed by atoms with Crippen LogP contribution in [0.4, 0.5) is 0 Å². The molecule has 1 aliphatic heterocycles. The first-order chi connectivity index (χ1) is 13.8. The Labute approximate surface area is 172 Å². The van der Waals surface area contributed by atoms with Crippen molar-refractivity contribution in [3.8, 4) is 5.75 Å². The molecule has 1 aliphatic rings. The van der Waals surface area contributed by atoms with Gasteiger partial charge in [0.2, 0.25) is 10.0 Å². The molecule has 0 spiro atoms. The SMILES string of the molecule is COc1ccccc1CNC(=O)c1cc(S(=O)(=O)N2CCCCC2C)ccc1C. The van der Waals surface area contributed by atoms with E-state index in [0.717, 1.165) is 30.4 Å². The van der Waals surface area contributed by atoms with Crippen molar-refractivity contribution in [2.75, 3.05) is 13.7 Å². The van der Waals surface area contributed by atoms with Crippen LogP contribution in [0, 0.1) is 6.92 Å². The van der Waals surface area contributed by atoms with E-state index in [1.54, 1.807) is 30.5 Å². The standard InChI is InChI=1S/C22H28N2O4S/c1-16-11-12-19(29(26,27)24-13-7-6-8-17(24)2)14-20(16)22(25)23-15-18-9-4-5-10-21(18)28-3/h4-5,9-12,14,17H,6-8,13,15H2,1-3H3,(H,23,25). The number of hydrogen-bond donors (Lipinski definition) is 1. The minimum atomic E-state index is -3.63. The fraction of sp³-hybridized carbons (Fsp3) is 0.409. The molecule has 0 radical (unpaired) electrons. The summed E-state index contributed by atoms with van der Waals surface area (Å²) in [5, 5.41) is 2.87. The van der Waals surface area contributed by atoms with Gasteiger partial charge < -0.3 is 10.1 Å². The van der Waals surface area contributed by atoms with Crippen molar-refractivity contribution in [1.29, 1.82) is 0 Å². The maximum atomic E-state index is 13.1. The van der Waals surface area contributed by atoms with Gasteiger partial charge in [0.25, 0.3) is 5.91 Å². The summed E-state index contributed by atoms with van der Waals surface area (Å²) in [5.41, 5.74) is 1.95. The molecule has 6 nitrogen and oxygen atoms in total. The first-order valence-corrected chi connectivity index (χ1v) is 11.3. The molecular weight excluding hydrogens is 388 g/mol. The van der Waals surface area contributed by atoms with Crippen molar-refractivity contribution >= 4 is 15.9 Å². The van der Waals surface area contributed by atoms with Gasteiger partial charge in [-0.2, -0.15) is 4.31 Å². The lowest BCUT2D eigenvalue weighted by Gasteiger charge is -2.32. The predicted octanol–water partition coefficient (Wildman–Crippen LogP) is 3.50. The highest BCUT2D eigenvalue weighted by Crippen LogP contribution is 2.26. The molecule has 0 bridgehead atoms. The van der Waals surface area contributed by atoms with Crippen molar-refractivity contribution in [1.82, 2.24) is 9.62 Å². The molecule has 2 aromatic rings. The van der Waals surface area contributed by atoms with Gasteiger partial charge in [0.1, 0.15) is 5.75 Å². The van der Waals surface area contributed by atoms with Crippen molar-refractivity contribution in [3.63, 3.8) is 0 Å². The quantitative estimate of drug-likeness (QED) is 0.782. The number of piperidine rings is 1. The summed E-state index contributed by atoms with van der Waals surface area (Å²) in [6.45, 7) is 4.55. The van der Waals surface area contributed by atoms with E-state index in [0.29, 0.717) is 24.4 Å². The molecule has 1 fully saturated rings. The third kappa shape index (κ3) is 4.62. The van der Waals surface area contributed by atoms with Crippen LogP contribution in [0.15, 0.2) is 47.4 Å². The Balaban J connectivity index is 1.82. The lowest BCUT2D eigenvalue weighted by atomic mass is 10.1. The Kier molecular flexibility index (Phi) is 6.59. The zero-order valence-electron chi connectivity index (χ0n) is 17.1. The number of hydrogen-bond acceptors (Lipinski definition) is 4. The number of aryl methyl sites for hydroxylation is 1. The first kappa shape index (κ1) is 21.3. The number of nitrogens with one attached hydrogen (secondary N) is 1. The molecular formula is C22H28N2O4S. The van der Waals surface area contributed by atoms with Gasteiger partial charge >= 0.3 is 0 Å². The number of methoxy groups -OCH3 is 1. The average molecular weight is 417 g/mol. The van der Waals surface area contributed by atoms with Crippen LogP contribution in [0.25, 0.3) is 0 Å². The Bertz CT molecular complexity index is 988. The molecule has 1 unspecified atom stereocenters. The molecule has 1 heterocycles. The van der Waals surface area contributed by atoms with Crippen molar-refractivity contribution < 1.29 is 17.9 Å². The van der Waals surface area contributed by atoms with Gasteiger partial charge in [0.05, 0.1) is 12.0 Å². The Morgan fingerprint density at radius 2 is 1.97 bits per heavy atom. The first-order valence-electron chi connectivity index (χ1n) is 9.87. The molecule has 3 rings (SSSR count). The highest BCUT2D eigenvalue weighted by molar-refractivity contribution is 7.89. The summed E-state index contributed by atoms with van der Waals surface area (Å²) in [7, 11) is -2.04. The van der Waals surface area contributed by atoms with Crippen LogP contribution in [0.5, 0.6) is 5.75 Å². The number of para-hydroxylation sites is 1. The van der Waals surface area contributed by atoms with E-state index in [1.807, 2.05) is 31.2 Å². The van der Waals surface area contributed by atoms with E-state index >= 15 is 0 Å². The van der Waals surface area contributed by atoms with Crippen LogP contribution in [0.3, 0.4) is 0 Å². The fourth-order valence-corrected chi connectivity index (χ4v) is 5.42. The highest BCUT2D eigenvalue weighted by Gasteiger charge is 2.31. The largest absolute Gasteiger partial charge is 0.496 e. The number of carbonyl (C=O) groups is 1. The van der Waals surface area contributed by atoms with Gasteiger partial charge in [-0.3, -0.25) is 4.79 Å². The molecule has 0 aliphatic carbocycles. The zero-order chi connectivity index (χ0) is 21.0. The summed E-state index contributed by atoms with van der Waals surface area (Å²) in [4.78, 5) is 13.0. The molecule has 0 aromatic heterocycles. The van der Waals surface area contributed by atoms with Gasteiger partial charge in [-0.25, -0.2) is 8.42 Å². The number of ether oxygens (including phenoxy) is 1. The maximum absolute atomic E-state index is 13.1. The Hall–Kier alpha value is -2.38. The van der Waals surface area contributed by atoms with Crippen LogP contribution in [-0.4, -0.2) is 38.3 Å². The number of benzene rings is 2. The molecule has 0 saturated carbocycles. The third-order valence-electron chi connectivity index (χ3n) is 5.43. The van der Waals surface area contributed by atoms with Gasteiger partial charge in [-0.05, 0) is 50.5 Å². The van der Waals surface area contributed by atoms with Gasteiger partial charge in [-0.1, -0.05) is 30.7 Å². The second-order valence-corrected chi connectivity index (χ2v) is 9.32. The summed E-state index contributed by atoms with van der Waals surface area (Å²) >= 11 is 0. The van der Waals surface area contributed by atoms with Crippen LogP contribution >= 0.6 is 0 Å². The second-order valence-electron chi connectivity index (χ2n) is 7.43. The van der Waals surface area contributed by atoms with Crippen LogP contribution in [0.1, 0.15) is 47.7 Å². The number of rotatable bonds is 6. The number of nitrogens with zero attached hydrogens (tertiary/aromatic N) is 1.